The molecule has 5 nitrogen and oxygen atoms in total. The van der Waals surface area contributed by atoms with Gasteiger partial charge in [0, 0.05) is 45.3 Å². The Labute approximate surface area is 108 Å². The number of carbonyl (C=O) groups is 1. The molecule has 18 heavy (non-hydrogen) atoms. The van der Waals surface area contributed by atoms with Crippen LogP contribution in [0.15, 0.2) is 0 Å². The number of likely N-dealkylation sites (tertiary alicyclic amines) is 1. The highest BCUT2D eigenvalue weighted by Crippen LogP contribution is 2.24. The number of hydrogen-bond acceptors (Lipinski definition) is 4. The molecule has 3 heterocycles. The SMILES string of the molecule is CC1CN(C(=O)C2CNC2)CC1N1CCOCC1. The molecular weight excluding hydrogens is 230 g/mol. The monoisotopic (exact) mass is 253 g/mol. The third-order valence-electron chi connectivity index (χ3n) is 4.53. The topological polar surface area (TPSA) is 44.8 Å². The number of hydrogen-bond donors (Lipinski definition) is 1. The van der Waals surface area contributed by atoms with E-state index in [4.69, 9.17) is 4.74 Å². The van der Waals surface area contributed by atoms with Crippen LogP contribution in [-0.2, 0) is 9.53 Å². The van der Waals surface area contributed by atoms with Crippen molar-refractivity contribution in [1.82, 2.24) is 15.1 Å². The third kappa shape index (κ3) is 2.27. The first-order valence-electron chi connectivity index (χ1n) is 7.07. The number of morpholine rings is 1. The highest BCUT2D eigenvalue weighted by Gasteiger charge is 2.39. The molecule has 0 saturated carbocycles. The molecule has 1 amide bonds. The van der Waals surface area contributed by atoms with Crippen molar-refractivity contribution in [2.45, 2.75) is 13.0 Å². The highest BCUT2D eigenvalue weighted by atomic mass is 16.5. The smallest absolute Gasteiger partial charge is 0.228 e. The van der Waals surface area contributed by atoms with Crippen LogP contribution in [0.5, 0.6) is 0 Å². The lowest BCUT2D eigenvalue weighted by molar-refractivity contribution is -0.136. The second kappa shape index (κ2) is 5.15. The minimum atomic E-state index is 0.237. The van der Waals surface area contributed by atoms with Gasteiger partial charge in [0.1, 0.15) is 0 Å². The van der Waals surface area contributed by atoms with Gasteiger partial charge in [0.25, 0.3) is 0 Å². The van der Waals surface area contributed by atoms with Crippen molar-refractivity contribution < 1.29 is 9.53 Å². The van der Waals surface area contributed by atoms with E-state index in [0.717, 1.165) is 52.5 Å². The lowest BCUT2D eigenvalue weighted by Crippen LogP contribution is -2.52. The first-order valence-corrected chi connectivity index (χ1v) is 7.07. The van der Waals surface area contributed by atoms with Gasteiger partial charge in [0.05, 0.1) is 19.1 Å². The van der Waals surface area contributed by atoms with E-state index in [2.05, 4.69) is 22.0 Å². The molecule has 0 aromatic rings. The van der Waals surface area contributed by atoms with Crippen LogP contribution in [0.25, 0.3) is 0 Å². The first-order chi connectivity index (χ1) is 8.75. The van der Waals surface area contributed by atoms with E-state index in [1.165, 1.54) is 0 Å². The summed E-state index contributed by atoms with van der Waals surface area (Å²) in [6, 6.07) is 0.533. The fourth-order valence-electron chi connectivity index (χ4n) is 3.24. The summed E-state index contributed by atoms with van der Waals surface area (Å²) in [6.07, 6.45) is 0. The molecule has 1 N–H and O–H groups in total. The van der Waals surface area contributed by atoms with Gasteiger partial charge in [-0.3, -0.25) is 9.69 Å². The van der Waals surface area contributed by atoms with E-state index in [1.807, 2.05) is 0 Å². The predicted octanol–water partition coefficient (Wildman–Crippen LogP) is -0.615. The van der Waals surface area contributed by atoms with Gasteiger partial charge in [-0.2, -0.15) is 0 Å². The van der Waals surface area contributed by atoms with E-state index in [-0.39, 0.29) is 5.92 Å². The summed E-state index contributed by atoms with van der Waals surface area (Å²) in [5.41, 5.74) is 0. The molecule has 0 spiro atoms. The number of nitrogens with one attached hydrogen (secondary N) is 1. The van der Waals surface area contributed by atoms with Gasteiger partial charge in [-0.15, -0.1) is 0 Å². The number of ether oxygens (including phenoxy) is 1. The zero-order valence-corrected chi connectivity index (χ0v) is 11.1. The molecular formula is C13H23N3O2. The lowest BCUT2D eigenvalue weighted by Gasteiger charge is -2.34. The largest absolute Gasteiger partial charge is 0.379 e. The van der Waals surface area contributed by atoms with E-state index < -0.39 is 0 Å². The summed E-state index contributed by atoms with van der Waals surface area (Å²) in [5, 5.41) is 3.18. The lowest BCUT2D eigenvalue weighted by atomic mass is 10.0. The van der Waals surface area contributed by atoms with Gasteiger partial charge in [-0.05, 0) is 5.92 Å². The highest BCUT2D eigenvalue weighted by molar-refractivity contribution is 5.80. The average molecular weight is 253 g/mol. The van der Waals surface area contributed by atoms with Crippen molar-refractivity contribution in [3.8, 4) is 0 Å². The third-order valence-corrected chi connectivity index (χ3v) is 4.53. The summed E-state index contributed by atoms with van der Waals surface area (Å²) in [6.45, 7) is 9.55. The molecule has 3 fully saturated rings. The molecule has 0 aromatic heterocycles. The Kier molecular flexibility index (Phi) is 3.54. The molecule has 5 heteroatoms. The van der Waals surface area contributed by atoms with Crippen LogP contribution < -0.4 is 5.32 Å². The fourth-order valence-corrected chi connectivity index (χ4v) is 3.24. The van der Waals surface area contributed by atoms with Crippen LogP contribution >= 0.6 is 0 Å². The van der Waals surface area contributed by atoms with E-state index in [1.54, 1.807) is 0 Å². The van der Waals surface area contributed by atoms with Crippen molar-refractivity contribution in [3.05, 3.63) is 0 Å². The average Bonchev–Trinajstić information content (AvgIpc) is 2.70. The summed E-state index contributed by atoms with van der Waals surface area (Å²) in [7, 11) is 0. The van der Waals surface area contributed by atoms with Crippen molar-refractivity contribution in [2.75, 3.05) is 52.5 Å². The Morgan fingerprint density at radius 3 is 2.56 bits per heavy atom. The Morgan fingerprint density at radius 2 is 1.94 bits per heavy atom. The maximum Gasteiger partial charge on any atom is 0.228 e. The normalized spacial score (nSPS) is 34.6. The van der Waals surface area contributed by atoms with Crippen LogP contribution in [0.2, 0.25) is 0 Å². The number of rotatable bonds is 2. The fraction of sp³-hybridized carbons (Fsp3) is 0.923. The molecule has 102 valence electrons. The van der Waals surface area contributed by atoms with Crippen LogP contribution in [0.1, 0.15) is 6.92 Å². The summed E-state index contributed by atoms with van der Waals surface area (Å²) >= 11 is 0. The first kappa shape index (κ1) is 12.4. The number of carbonyl (C=O) groups excluding carboxylic acids is 1. The van der Waals surface area contributed by atoms with Gasteiger partial charge in [0.2, 0.25) is 5.91 Å². The molecule has 3 rings (SSSR count). The van der Waals surface area contributed by atoms with Crippen LogP contribution in [0.3, 0.4) is 0 Å². The van der Waals surface area contributed by atoms with Crippen molar-refractivity contribution in [3.63, 3.8) is 0 Å². The standard InChI is InChI=1S/C13H23N3O2/c1-10-8-16(13(17)11-6-14-7-11)9-12(10)15-2-4-18-5-3-15/h10-12,14H,2-9H2,1H3. The minimum Gasteiger partial charge on any atom is -0.379 e. The summed E-state index contributed by atoms with van der Waals surface area (Å²) in [5.74, 6) is 1.18. The molecule has 3 aliphatic rings. The van der Waals surface area contributed by atoms with Crippen molar-refractivity contribution in [1.29, 1.82) is 0 Å². The van der Waals surface area contributed by atoms with Crippen LogP contribution in [0.4, 0.5) is 0 Å². The van der Waals surface area contributed by atoms with Crippen LogP contribution in [0, 0.1) is 11.8 Å². The van der Waals surface area contributed by atoms with Crippen molar-refractivity contribution >= 4 is 5.91 Å². The molecule has 2 atom stereocenters. The van der Waals surface area contributed by atoms with Gasteiger partial charge in [0.15, 0.2) is 0 Å². The predicted molar refractivity (Wildman–Crippen MR) is 68.3 cm³/mol. The number of amides is 1. The molecule has 2 unspecified atom stereocenters. The molecule has 0 bridgehead atoms. The second-order valence-electron chi connectivity index (χ2n) is 5.79. The Balaban J connectivity index is 1.58. The Morgan fingerprint density at radius 1 is 1.22 bits per heavy atom. The summed E-state index contributed by atoms with van der Waals surface area (Å²) in [4.78, 5) is 16.8. The molecule has 0 aliphatic carbocycles. The van der Waals surface area contributed by atoms with Gasteiger partial charge in [-0.25, -0.2) is 0 Å². The van der Waals surface area contributed by atoms with Crippen molar-refractivity contribution in [2.24, 2.45) is 11.8 Å². The van der Waals surface area contributed by atoms with E-state index >= 15 is 0 Å². The maximum absolute atomic E-state index is 12.2. The molecule has 3 aliphatic heterocycles. The maximum atomic E-state index is 12.2. The second-order valence-corrected chi connectivity index (χ2v) is 5.79. The quantitative estimate of drug-likeness (QED) is 0.713. The molecule has 0 aromatic carbocycles. The van der Waals surface area contributed by atoms with Gasteiger partial charge in [-0.1, -0.05) is 6.92 Å². The van der Waals surface area contributed by atoms with E-state index in [0.29, 0.717) is 17.9 Å². The summed E-state index contributed by atoms with van der Waals surface area (Å²) < 4.78 is 5.40. The zero-order valence-electron chi connectivity index (χ0n) is 11.1. The number of nitrogens with zero attached hydrogens (tertiary/aromatic N) is 2. The zero-order chi connectivity index (χ0) is 12.5. The molecule has 3 saturated heterocycles. The molecule has 0 radical (unpaired) electrons. The van der Waals surface area contributed by atoms with Gasteiger partial charge >= 0.3 is 0 Å². The Bertz CT molecular complexity index is 313. The minimum absolute atomic E-state index is 0.237. The van der Waals surface area contributed by atoms with E-state index in [9.17, 15) is 4.79 Å². The van der Waals surface area contributed by atoms with Gasteiger partial charge < -0.3 is 15.0 Å². The van der Waals surface area contributed by atoms with Crippen LogP contribution in [-0.4, -0.2) is 74.2 Å². The Hall–Kier alpha value is -0.650.